The number of para-hydroxylation sites is 1. The highest BCUT2D eigenvalue weighted by atomic mass is 19.1. The number of carbonyl (C=O) groups excluding carboxylic acids is 2. The van der Waals surface area contributed by atoms with E-state index in [2.05, 4.69) is 0 Å². The maximum absolute atomic E-state index is 14.3. The second-order valence-electron chi connectivity index (χ2n) is 9.01. The highest BCUT2D eigenvalue weighted by Crippen LogP contribution is 2.52. The SMILES string of the molecule is CCCN1C(=O)[C@]2(c3ccccc31)c1c(oc3ccc(F)cc3c1=O)C(=O)N2C[C@@H]1CCCO1. The fraction of sp³-hybridized carbons (Fsp3) is 0.346. The predicted molar refractivity (Wildman–Crippen MR) is 122 cm³/mol. The van der Waals surface area contributed by atoms with Crippen molar-refractivity contribution >= 4 is 28.5 Å². The number of anilines is 1. The smallest absolute Gasteiger partial charge is 0.291 e. The normalized spacial score (nSPS) is 23.4. The van der Waals surface area contributed by atoms with Crippen molar-refractivity contribution in [3.8, 4) is 0 Å². The quantitative estimate of drug-likeness (QED) is 0.592. The lowest BCUT2D eigenvalue weighted by Crippen LogP contribution is -2.55. The summed E-state index contributed by atoms with van der Waals surface area (Å²) in [5.41, 5.74) is -0.958. The highest BCUT2D eigenvalue weighted by Gasteiger charge is 2.65. The van der Waals surface area contributed by atoms with E-state index in [0.29, 0.717) is 30.8 Å². The summed E-state index contributed by atoms with van der Waals surface area (Å²) in [6, 6.07) is 10.8. The van der Waals surface area contributed by atoms with Gasteiger partial charge >= 0.3 is 0 Å². The Kier molecular flexibility index (Phi) is 4.64. The molecule has 2 atom stereocenters. The van der Waals surface area contributed by atoms with Crippen LogP contribution in [0.3, 0.4) is 0 Å². The summed E-state index contributed by atoms with van der Waals surface area (Å²) in [5.74, 6) is -1.66. The molecular weight excluding hydrogens is 439 g/mol. The second kappa shape index (κ2) is 7.50. The van der Waals surface area contributed by atoms with E-state index < -0.39 is 22.7 Å². The van der Waals surface area contributed by atoms with Crippen LogP contribution in [0.15, 0.2) is 51.7 Å². The van der Waals surface area contributed by atoms with Gasteiger partial charge in [0.25, 0.3) is 11.8 Å². The number of benzene rings is 2. The van der Waals surface area contributed by atoms with Crippen molar-refractivity contribution < 1.29 is 23.1 Å². The van der Waals surface area contributed by atoms with E-state index in [-0.39, 0.29) is 40.8 Å². The number of rotatable bonds is 4. The lowest BCUT2D eigenvalue weighted by Gasteiger charge is -2.35. The molecule has 1 fully saturated rings. The zero-order chi connectivity index (χ0) is 23.6. The first kappa shape index (κ1) is 21.0. The minimum atomic E-state index is -1.68. The fourth-order valence-electron chi connectivity index (χ4n) is 5.65. The third-order valence-corrected chi connectivity index (χ3v) is 7.06. The van der Waals surface area contributed by atoms with Crippen molar-refractivity contribution in [3.05, 3.63) is 75.4 Å². The van der Waals surface area contributed by atoms with E-state index in [9.17, 15) is 18.8 Å². The van der Waals surface area contributed by atoms with Crippen molar-refractivity contribution in [1.82, 2.24) is 4.90 Å². The van der Waals surface area contributed by atoms with Crippen LogP contribution in [0.1, 0.15) is 47.9 Å². The Hall–Kier alpha value is -3.52. The minimum Gasteiger partial charge on any atom is -0.450 e. The molecule has 3 aliphatic heterocycles. The topological polar surface area (TPSA) is 80.1 Å². The van der Waals surface area contributed by atoms with Gasteiger partial charge < -0.3 is 19.0 Å². The lowest BCUT2D eigenvalue weighted by molar-refractivity contribution is -0.126. The molecule has 34 heavy (non-hydrogen) atoms. The molecule has 1 spiro atoms. The van der Waals surface area contributed by atoms with E-state index in [1.807, 2.05) is 19.1 Å². The van der Waals surface area contributed by atoms with Gasteiger partial charge in [-0.15, -0.1) is 0 Å². The Bertz CT molecular complexity index is 1410. The van der Waals surface area contributed by atoms with Crippen molar-refractivity contribution in [2.24, 2.45) is 0 Å². The molecule has 0 radical (unpaired) electrons. The number of hydrogen-bond donors (Lipinski definition) is 0. The third-order valence-electron chi connectivity index (χ3n) is 7.06. The van der Waals surface area contributed by atoms with Crippen LogP contribution in [0.4, 0.5) is 10.1 Å². The van der Waals surface area contributed by atoms with E-state index in [4.69, 9.17) is 9.15 Å². The molecule has 2 aromatic carbocycles. The van der Waals surface area contributed by atoms with Gasteiger partial charge in [-0.3, -0.25) is 14.4 Å². The fourth-order valence-corrected chi connectivity index (χ4v) is 5.65. The number of nitrogens with zero attached hydrogens (tertiary/aromatic N) is 2. The summed E-state index contributed by atoms with van der Waals surface area (Å²) in [6.07, 6.45) is 2.05. The monoisotopic (exact) mass is 462 g/mol. The van der Waals surface area contributed by atoms with E-state index in [1.54, 1.807) is 17.0 Å². The van der Waals surface area contributed by atoms with E-state index in [0.717, 1.165) is 18.9 Å². The molecule has 6 rings (SSSR count). The Morgan fingerprint density at radius 1 is 1.15 bits per heavy atom. The van der Waals surface area contributed by atoms with Crippen LogP contribution in [0.25, 0.3) is 11.0 Å². The molecule has 0 saturated carbocycles. The van der Waals surface area contributed by atoms with Gasteiger partial charge in [0.15, 0.2) is 11.0 Å². The third kappa shape index (κ3) is 2.63. The van der Waals surface area contributed by atoms with Crippen molar-refractivity contribution in [2.75, 3.05) is 24.6 Å². The van der Waals surface area contributed by atoms with Crippen LogP contribution in [0, 0.1) is 5.82 Å². The van der Waals surface area contributed by atoms with Gasteiger partial charge in [-0.25, -0.2) is 4.39 Å². The van der Waals surface area contributed by atoms with E-state index in [1.165, 1.54) is 17.0 Å². The summed E-state index contributed by atoms with van der Waals surface area (Å²) in [4.78, 5) is 45.0. The maximum atomic E-state index is 14.3. The molecule has 4 heterocycles. The molecule has 174 valence electrons. The molecule has 1 aromatic heterocycles. The summed E-state index contributed by atoms with van der Waals surface area (Å²) >= 11 is 0. The van der Waals surface area contributed by atoms with Crippen molar-refractivity contribution in [3.63, 3.8) is 0 Å². The van der Waals surface area contributed by atoms with Crippen molar-refractivity contribution in [1.29, 1.82) is 0 Å². The van der Waals surface area contributed by atoms with Crippen LogP contribution < -0.4 is 10.3 Å². The molecular formula is C26H23FN2O5. The minimum absolute atomic E-state index is 0.00381. The Morgan fingerprint density at radius 3 is 2.74 bits per heavy atom. The number of ether oxygens (including phenoxy) is 1. The lowest BCUT2D eigenvalue weighted by atomic mass is 9.83. The van der Waals surface area contributed by atoms with Gasteiger partial charge in [0.1, 0.15) is 11.4 Å². The van der Waals surface area contributed by atoms with Gasteiger partial charge in [0.2, 0.25) is 5.76 Å². The first-order valence-corrected chi connectivity index (χ1v) is 11.6. The second-order valence-corrected chi connectivity index (χ2v) is 9.01. The Morgan fingerprint density at radius 2 is 1.97 bits per heavy atom. The molecule has 3 aliphatic rings. The van der Waals surface area contributed by atoms with Gasteiger partial charge in [0.05, 0.1) is 22.7 Å². The van der Waals surface area contributed by atoms with Gasteiger partial charge in [-0.05, 0) is 43.5 Å². The average Bonchev–Trinajstić information content (AvgIpc) is 3.50. The number of hydrogen-bond acceptors (Lipinski definition) is 5. The molecule has 0 N–H and O–H groups in total. The van der Waals surface area contributed by atoms with Gasteiger partial charge in [0, 0.05) is 25.3 Å². The first-order valence-electron chi connectivity index (χ1n) is 11.6. The summed E-state index contributed by atoms with van der Waals surface area (Å²) < 4.78 is 25.8. The Labute approximate surface area is 194 Å². The standard InChI is InChI=1S/C26H23FN2O5/c1-2-11-28-19-8-4-3-7-18(19)26(25(28)32)21-22(30)17-13-15(27)9-10-20(17)34-23(21)24(31)29(26)14-16-6-5-12-33-16/h3-4,7-10,13,16H,2,5-6,11-12,14H2,1H3/t16-,26-/m0/s1. The molecule has 0 aliphatic carbocycles. The van der Waals surface area contributed by atoms with Crippen LogP contribution in [-0.4, -0.2) is 42.5 Å². The van der Waals surface area contributed by atoms with E-state index >= 15 is 0 Å². The first-order chi connectivity index (χ1) is 16.5. The zero-order valence-electron chi connectivity index (χ0n) is 18.7. The molecule has 8 heteroatoms. The molecule has 2 amide bonds. The van der Waals surface area contributed by atoms with Crippen LogP contribution >= 0.6 is 0 Å². The number of fused-ring (bicyclic) bond motifs is 5. The zero-order valence-corrected chi connectivity index (χ0v) is 18.7. The summed E-state index contributed by atoms with van der Waals surface area (Å²) in [7, 11) is 0. The number of halogens is 1. The largest absolute Gasteiger partial charge is 0.450 e. The molecule has 0 bridgehead atoms. The maximum Gasteiger partial charge on any atom is 0.291 e. The Balaban J connectivity index is 1.69. The van der Waals surface area contributed by atoms with Gasteiger partial charge in [-0.2, -0.15) is 0 Å². The number of amides is 2. The molecule has 7 nitrogen and oxygen atoms in total. The van der Waals surface area contributed by atoms with Crippen LogP contribution in [-0.2, 0) is 15.1 Å². The molecule has 3 aromatic rings. The van der Waals surface area contributed by atoms with Crippen LogP contribution in [0.2, 0.25) is 0 Å². The van der Waals surface area contributed by atoms with Crippen LogP contribution in [0.5, 0.6) is 0 Å². The van der Waals surface area contributed by atoms with Gasteiger partial charge in [-0.1, -0.05) is 25.1 Å². The average molecular weight is 462 g/mol. The molecule has 0 unspecified atom stereocenters. The number of carbonyl (C=O) groups is 2. The summed E-state index contributed by atoms with van der Waals surface area (Å²) in [5, 5.41) is 0.00381. The highest BCUT2D eigenvalue weighted by molar-refractivity contribution is 6.17. The summed E-state index contributed by atoms with van der Waals surface area (Å²) in [6.45, 7) is 3.12. The van der Waals surface area contributed by atoms with Crippen molar-refractivity contribution in [2.45, 2.75) is 37.8 Å². The predicted octanol–water partition coefficient (Wildman–Crippen LogP) is 3.57. The molecule has 1 saturated heterocycles.